The van der Waals surface area contributed by atoms with Gasteiger partial charge >= 0.3 is 12.0 Å². The van der Waals surface area contributed by atoms with Crippen molar-refractivity contribution in [2.45, 2.75) is 51.0 Å². The Morgan fingerprint density at radius 2 is 1.95 bits per heavy atom. The number of aliphatic hydroxyl groups is 1. The molecule has 0 saturated heterocycles. The van der Waals surface area contributed by atoms with Crippen molar-refractivity contribution >= 4 is 12.0 Å². The second-order valence-corrected chi connectivity index (χ2v) is 5.10. The van der Waals surface area contributed by atoms with Crippen LogP contribution in [0.2, 0.25) is 0 Å². The quantitative estimate of drug-likeness (QED) is 0.497. The van der Waals surface area contributed by atoms with E-state index in [1.807, 2.05) is 0 Å². The molecule has 0 aliphatic heterocycles. The predicted octanol–water partition coefficient (Wildman–Crippen LogP) is 1.09. The minimum atomic E-state index is -1.13. The molecule has 19 heavy (non-hydrogen) atoms. The number of urea groups is 1. The molecule has 0 bridgehead atoms. The number of hydrogen-bond acceptors (Lipinski definition) is 3. The fourth-order valence-corrected chi connectivity index (χ4v) is 2.49. The average Bonchev–Trinajstić information content (AvgIpc) is 2.87. The summed E-state index contributed by atoms with van der Waals surface area (Å²) in [6, 6.07) is -1.51. The van der Waals surface area contributed by atoms with E-state index >= 15 is 0 Å². The van der Waals surface area contributed by atoms with Gasteiger partial charge in [0.15, 0.2) is 0 Å². The van der Waals surface area contributed by atoms with Crippen LogP contribution in [0.3, 0.4) is 0 Å². The van der Waals surface area contributed by atoms with E-state index in [1.165, 1.54) is 25.7 Å². The summed E-state index contributed by atoms with van der Waals surface area (Å²) < 4.78 is 0. The van der Waals surface area contributed by atoms with E-state index in [9.17, 15) is 9.59 Å². The Morgan fingerprint density at radius 3 is 2.53 bits per heavy atom. The monoisotopic (exact) mass is 272 g/mol. The molecule has 0 spiro atoms. The van der Waals surface area contributed by atoms with Gasteiger partial charge in [-0.1, -0.05) is 25.7 Å². The van der Waals surface area contributed by atoms with Gasteiger partial charge in [-0.2, -0.15) is 0 Å². The maximum atomic E-state index is 11.5. The highest BCUT2D eigenvalue weighted by Gasteiger charge is 2.19. The molecule has 2 amide bonds. The second kappa shape index (κ2) is 8.74. The summed E-state index contributed by atoms with van der Waals surface area (Å²) in [5.74, 6) is -0.332. The first kappa shape index (κ1) is 15.8. The number of aliphatic hydroxyl groups excluding tert-OH is 1. The topological polar surface area (TPSA) is 98.7 Å². The third-order valence-corrected chi connectivity index (χ3v) is 3.57. The molecule has 1 saturated carbocycles. The molecule has 4 N–H and O–H groups in total. The van der Waals surface area contributed by atoms with Crippen LogP contribution >= 0.6 is 0 Å². The van der Waals surface area contributed by atoms with Gasteiger partial charge in [-0.25, -0.2) is 9.59 Å². The summed E-state index contributed by atoms with van der Waals surface area (Å²) in [5, 5.41) is 22.5. The number of carbonyl (C=O) groups is 2. The van der Waals surface area contributed by atoms with Crippen LogP contribution in [-0.4, -0.2) is 41.4 Å². The van der Waals surface area contributed by atoms with Crippen molar-refractivity contribution in [3.63, 3.8) is 0 Å². The second-order valence-electron chi connectivity index (χ2n) is 5.10. The molecule has 0 unspecified atom stereocenters. The number of hydrogen-bond donors (Lipinski definition) is 4. The maximum absolute atomic E-state index is 11.5. The number of carbonyl (C=O) groups excluding carboxylic acids is 1. The van der Waals surface area contributed by atoms with Crippen LogP contribution in [0, 0.1) is 5.92 Å². The Kier molecular flexibility index (Phi) is 7.25. The Labute approximate surface area is 113 Å². The van der Waals surface area contributed by atoms with Crippen molar-refractivity contribution < 1.29 is 19.8 Å². The number of amides is 2. The molecule has 1 atom stereocenters. The van der Waals surface area contributed by atoms with Crippen molar-refractivity contribution in [1.29, 1.82) is 0 Å². The number of rotatable bonds is 8. The van der Waals surface area contributed by atoms with E-state index in [0.29, 0.717) is 6.54 Å². The molecule has 0 heterocycles. The summed E-state index contributed by atoms with van der Waals surface area (Å²) in [4.78, 5) is 22.2. The van der Waals surface area contributed by atoms with Crippen molar-refractivity contribution in [3.8, 4) is 0 Å². The Bertz CT molecular complexity index is 290. The van der Waals surface area contributed by atoms with E-state index in [2.05, 4.69) is 10.6 Å². The smallest absolute Gasteiger partial charge is 0.326 e. The molecule has 0 aromatic rings. The number of carboxylic acids is 1. The van der Waals surface area contributed by atoms with Crippen molar-refractivity contribution in [1.82, 2.24) is 10.6 Å². The van der Waals surface area contributed by atoms with Gasteiger partial charge < -0.3 is 20.8 Å². The van der Waals surface area contributed by atoms with Crippen LogP contribution in [0.4, 0.5) is 4.79 Å². The first-order valence-electron chi connectivity index (χ1n) is 7.01. The van der Waals surface area contributed by atoms with Crippen LogP contribution in [0.25, 0.3) is 0 Å². The Morgan fingerprint density at radius 1 is 1.26 bits per heavy atom. The standard InChI is InChI=1S/C13H24N2O4/c16-9-7-11(12(17)18)15-13(19)14-8-3-6-10-4-1-2-5-10/h10-11,16H,1-9H2,(H,17,18)(H2,14,15,19)/t11-/m0/s1. The molecule has 1 fully saturated rings. The third-order valence-electron chi connectivity index (χ3n) is 3.57. The lowest BCUT2D eigenvalue weighted by Gasteiger charge is -2.14. The summed E-state index contributed by atoms with van der Waals surface area (Å²) in [7, 11) is 0. The van der Waals surface area contributed by atoms with Crippen LogP contribution in [-0.2, 0) is 4.79 Å². The zero-order valence-electron chi connectivity index (χ0n) is 11.2. The molecule has 1 rings (SSSR count). The first-order valence-corrected chi connectivity index (χ1v) is 7.01. The summed E-state index contributed by atoms with van der Waals surface area (Å²) in [5.41, 5.74) is 0. The van der Waals surface area contributed by atoms with Crippen LogP contribution < -0.4 is 10.6 Å². The van der Waals surface area contributed by atoms with Gasteiger partial charge in [-0.3, -0.25) is 0 Å². The fraction of sp³-hybridized carbons (Fsp3) is 0.846. The molecule has 1 aliphatic rings. The van der Waals surface area contributed by atoms with E-state index in [1.54, 1.807) is 0 Å². The summed E-state index contributed by atoms with van der Waals surface area (Å²) >= 11 is 0. The number of nitrogens with one attached hydrogen (secondary N) is 2. The lowest BCUT2D eigenvalue weighted by atomic mass is 10.0. The largest absolute Gasteiger partial charge is 0.480 e. The van der Waals surface area contributed by atoms with Crippen molar-refractivity contribution in [3.05, 3.63) is 0 Å². The third kappa shape index (κ3) is 6.42. The zero-order chi connectivity index (χ0) is 14.1. The molecule has 0 aromatic carbocycles. The predicted molar refractivity (Wildman–Crippen MR) is 70.9 cm³/mol. The Balaban J connectivity index is 2.10. The van der Waals surface area contributed by atoms with Gasteiger partial charge in [0.25, 0.3) is 0 Å². The van der Waals surface area contributed by atoms with Gasteiger partial charge in [-0.15, -0.1) is 0 Å². The van der Waals surface area contributed by atoms with E-state index in [0.717, 1.165) is 18.8 Å². The van der Waals surface area contributed by atoms with Crippen molar-refractivity contribution in [2.75, 3.05) is 13.2 Å². The zero-order valence-corrected chi connectivity index (χ0v) is 11.2. The van der Waals surface area contributed by atoms with Crippen molar-refractivity contribution in [2.24, 2.45) is 5.92 Å². The molecule has 0 aromatic heterocycles. The average molecular weight is 272 g/mol. The van der Waals surface area contributed by atoms with E-state index in [4.69, 9.17) is 10.2 Å². The van der Waals surface area contributed by atoms with Gasteiger partial charge in [0.05, 0.1) is 0 Å². The lowest BCUT2D eigenvalue weighted by Crippen LogP contribution is -2.46. The SMILES string of the molecule is O=C(NCCCC1CCCC1)N[C@@H](CCO)C(=O)O. The number of carboxylic acid groups (broad SMARTS) is 1. The number of aliphatic carboxylic acids is 1. The highest BCUT2D eigenvalue weighted by Crippen LogP contribution is 2.28. The minimum Gasteiger partial charge on any atom is -0.480 e. The molecule has 6 heteroatoms. The highest BCUT2D eigenvalue weighted by molar-refractivity contribution is 5.82. The lowest BCUT2D eigenvalue weighted by molar-refractivity contribution is -0.139. The molecule has 1 aliphatic carbocycles. The minimum absolute atomic E-state index is 0.0187. The van der Waals surface area contributed by atoms with E-state index < -0.39 is 18.0 Å². The highest BCUT2D eigenvalue weighted by atomic mass is 16.4. The van der Waals surface area contributed by atoms with Crippen LogP contribution in [0.15, 0.2) is 0 Å². The van der Waals surface area contributed by atoms with Gasteiger partial charge in [-0.05, 0) is 18.8 Å². The molecule has 110 valence electrons. The molecule has 6 nitrogen and oxygen atoms in total. The van der Waals surface area contributed by atoms with Crippen LogP contribution in [0.1, 0.15) is 44.9 Å². The molecular formula is C13H24N2O4. The van der Waals surface area contributed by atoms with Crippen LogP contribution in [0.5, 0.6) is 0 Å². The summed E-state index contributed by atoms with van der Waals surface area (Å²) in [6.45, 7) is 0.298. The fourth-order valence-electron chi connectivity index (χ4n) is 2.49. The molecular weight excluding hydrogens is 248 g/mol. The summed E-state index contributed by atoms with van der Waals surface area (Å²) in [6.07, 6.45) is 7.30. The normalized spacial score (nSPS) is 17.1. The Hall–Kier alpha value is -1.30. The van der Waals surface area contributed by atoms with Gasteiger partial charge in [0.1, 0.15) is 6.04 Å². The van der Waals surface area contributed by atoms with E-state index in [-0.39, 0.29) is 13.0 Å². The first-order chi connectivity index (χ1) is 9.13. The van der Waals surface area contributed by atoms with Gasteiger partial charge in [0, 0.05) is 19.6 Å². The maximum Gasteiger partial charge on any atom is 0.326 e. The van der Waals surface area contributed by atoms with Gasteiger partial charge in [0.2, 0.25) is 0 Å². The molecule has 0 radical (unpaired) electrons.